The van der Waals surface area contributed by atoms with Gasteiger partial charge < -0.3 is 9.80 Å². The molecule has 1 aliphatic carbocycles. The normalized spacial score (nSPS) is 22.1. The Morgan fingerprint density at radius 1 is 1.10 bits per heavy atom. The van der Waals surface area contributed by atoms with Crippen LogP contribution >= 0.6 is 11.6 Å². The number of anilines is 1. The summed E-state index contributed by atoms with van der Waals surface area (Å²) in [5.74, 6) is 0.997. The second-order valence-corrected chi connectivity index (χ2v) is 6.86. The van der Waals surface area contributed by atoms with Gasteiger partial charge in [0.2, 0.25) is 0 Å². The maximum atomic E-state index is 6.09. The summed E-state index contributed by atoms with van der Waals surface area (Å²) in [6.07, 6.45) is 7.34. The van der Waals surface area contributed by atoms with Gasteiger partial charge in [0.1, 0.15) is 0 Å². The summed E-state index contributed by atoms with van der Waals surface area (Å²) in [7, 11) is 0. The van der Waals surface area contributed by atoms with Gasteiger partial charge in [-0.15, -0.1) is 0 Å². The maximum Gasteiger partial charge on any atom is 0.0949 e. The molecule has 0 aromatic heterocycles. The molecule has 20 heavy (non-hydrogen) atoms. The lowest BCUT2D eigenvalue weighted by Gasteiger charge is -2.35. The van der Waals surface area contributed by atoms with Crippen LogP contribution in [-0.2, 0) is 0 Å². The molecular weight excluding hydrogens is 268 g/mol. The van der Waals surface area contributed by atoms with E-state index in [0.29, 0.717) is 0 Å². The molecule has 1 aromatic carbocycles. The first-order valence-electron chi connectivity index (χ1n) is 8.15. The Bertz CT molecular complexity index is 421. The molecule has 0 atom stereocenters. The minimum Gasteiger partial charge on any atom is -0.360 e. The monoisotopic (exact) mass is 293 g/mol. The van der Waals surface area contributed by atoms with Crippen LogP contribution in [-0.4, -0.2) is 32.7 Å². The van der Waals surface area contributed by atoms with Gasteiger partial charge in [0.25, 0.3) is 0 Å². The zero-order valence-electron chi connectivity index (χ0n) is 12.3. The van der Waals surface area contributed by atoms with Crippen molar-refractivity contribution in [1.29, 1.82) is 0 Å². The lowest BCUT2D eigenvalue weighted by atomic mass is 9.89. The fourth-order valence-electron chi connectivity index (χ4n) is 3.76. The Hall–Kier alpha value is -0.730. The molecule has 3 heteroatoms. The smallest absolute Gasteiger partial charge is 0.0949 e. The molecule has 1 saturated heterocycles. The van der Waals surface area contributed by atoms with Crippen LogP contribution in [0.5, 0.6) is 0 Å². The van der Waals surface area contributed by atoms with Crippen LogP contribution in [0.1, 0.15) is 32.1 Å². The third kappa shape index (κ3) is 3.67. The van der Waals surface area contributed by atoms with Gasteiger partial charge >= 0.3 is 0 Å². The van der Waals surface area contributed by atoms with Crippen molar-refractivity contribution >= 4 is 17.3 Å². The first kappa shape index (κ1) is 14.2. The van der Waals surface area contributed by atoms with Crippen molar-refractivity contribution in [1.82, 2.24) is 0 Å². The summed E-state index contributed by atoms with van der Waals surface area (Å²) >= 11 is 6.09. The van der Waals surface area contributed by atoms with E-state index in [2.05, 4.69) is 23.1 Å². The average molecular weight is 294 g/mol. The number of piperazine rings is 1. The summed E-state index contributed by atoms with van der Waals surface area (Å²) in [5.41, 5.74) is 1.29. The predicted octanol–water partition coefficient (Wildman–Crippen LogP) is 2.63. The number of quaternary nitrogens is 1. The zero-order valence-corrected chi connectivity index (χ0v) is 13.0. The van der Waals surface area contributed by atoms with Gasteiger partial charge in [0.05, 0.1) is 32.7 Å². The van der Waals surface area contributed by atoms with Crippen LogP contribution in [0.2, 0.25) is 5.02 Å². The number of rotatable bonds is 3. The van der Waals surface area contributed by atoms with Crippen LogP contribution in [0.3, 0.4) is 0 Å². The molecule has 1 heterocycles. The summed E-state index contributed by atoms with van der Waals surface area (Å²) in [6.45, 7) is 6.31. The molecule has 2 fully saturated rings. The molecule has 0 bridgehead atoms. The number of nitrogens with one attached hydrogen (secondary N) is 1. The van der Waals surface area contributed by atoms with E-state index < -0.39 is 0 Å². The Labute approximate surface area is 127 Å². The highest BCUT2D eigenvalue weighted by Crippen LogP contribution is 2.22. The van der Waals surface area contributed by atoms with E-state index in [4.69, 9.17) is 11.6 Å². The van der Waals surface area contributed by atoms with E-state index >= 15 is 0 Å². The van der Waals surface area contributed by atoms with Gasteiger partial charge in [0.15, 0.2) is 0 Å². The zero-order chi connectivity index (χ0) is 13.8. The van der Waals surface area contributed by atoms with Gasteiger partial charge in [-0.05, 0) is 31.0 Å². The van der Waals surface area contributed by atoms with E-state index in [1.165, 1.54) is 70.5 Å². The quantitative estimate of drug-likeness (QED) is 0.900. The highest BCUT2D eigenvalue weighted by molar-refractivity contribution is 6.30. The molecule has 1 aromatic rings. The molecule has 1 saturated carbocycles. The van der Waals surface area contributed by atoms with Gasteiger partial charge in [0, 0.05) is 16.6 Å². The lowest BCUT2D eigenvalue weighted by Crippen LogP contribution is -3.15. The fraction of sp³-hybridized carbons (Fsp3) is 0.647. The summed E-state index contributed by atoms with van der Waals surface area (Å²) < 4.78 is 0. The molecule has 0 spiro atoms. The minimum absolute atomic E-state index is 0.847. The number of nitrogens with zero attached hydrogens (tertiary/aromatic N) is 1. The Morgan fingerprint density at radius 3 is 2.55 bits per heavy atom. The number of benzene rings is 1. The topological polar surface area (TPSA) is 7.68 Å². The van der Waals surface area contributed by atoms with Crippen LogP contribution in [0.25, 0.3) is 0 Å². The molecule has 1 N–H and O–H groups in total. The summed E-state index contributed by atoms with van der Waals surface area (Å²) in [4.78, 5) is 4.30. The SMILES string of the molecule is Clc1cccc(N2CC[NH+](CC3CCCCC3)CC2)c1. The molecule has 0 amide bonds. The number of hydrogen-bond acceptors (Lipinski definition) is 1. The van der Waals surface area contributed by atoms with Crippen molar-refractivity contribution in [3.63, 3.8) is 0 Å². The van der Waals surface area contributed by atoms with Gasteiger partial charge in [-0.2, -0.15) is 0 Å². The lowest BCUT2D eigenvalue weighted by molar-refractivity contribution is -0.904. The van der Waals surface area contributed by atoms with Crippen LogP contribution in [0.4, 0.5) is 5.69 Å². The Kier molecular flexibility index (Phi) is 4.85. The molecular formula is C17H26ClN2+. The van der Waals surface area contributed by atoms with E-state index in [1.807, 2.05) is 11.0 Å². The largest absolute Gasteiger partial charge is 0.360 e. The van der Waals surface area contributed by atoms with E-state index in [-0.39, 0.29) is 0 Å². The van der Waals surface area contributed by atoms with Crippen molar-refractivity contribution in [3.05, 3.63) is 29.3 Å². The Morgan fingerprint density at radius 2 is 1.85 bits per heavy atom. The second-order valence-electron chi connectivity index (χ2n) is 6.43. The van der Waals surface area contributed by atoms with Crippen LogP contribution in [0, 0.1) is 5.92 Å². The second kappa shape index (κ2) is 6.82. The molecule has 110 valence electrons. The third-order valence-electron chi connectivity index (χ3n) is 4.95. The van der Waals surface area contributed by atoms with Crippen molar-refractivity contribution in [3.8, 4) is 0 Å². The third-order valence-corrected chi connectivity index (χ3v) is 5.18. The average Bonchev–Trinajstić information content (AvgIpc) is 2.49. The van der Waals surface area contributed by atoms with Crippen molar-refractivity contribution in [2.75, 3.05) is 37.6 Å². The predicted molar refractivity (Wildman–Crippen MR) is 85.8 cm³/mol. The molecule has 0 radical (unpaired) electrons. The van der Waals surface area contributed by atoms with Crippen molar-refractivity contribution in [2.24, 2.45) is 5.92 Å². The maximum absolute atomic E-state index is 6.09. The molecule has 1 aliphatic heterocycles. The van der Waals surface area contributed by atoms with E-state index in [0.717, 1.165) is 10.9 Å². The van der Waals surface area contributed by atoms with Gasteiger partial charge in [-0.3, -0.25) is 0 Å². The first-order chi connectivity index (χ1) is 9.81. The van der Waals surface area contributed by atoms with E-state index in [9.17, 15) is 0 Å². The highest BCUT2D eigenvalue weighted by Gasteiger charge is 2.24. The minimum atomic E-state index is 0.847. The summed E-state index contributed by atoms with van der Waals surface area (Å²) in [5, 5.41) is 0.847. The summed E-state index contributed by atoms with van der Waals surface area (Å²) in [6, 6.07) is 8.28. The number of hydrogen-bond donors (Lipinski definition) is 1. The van der Waals surface area contributed by atoms with Crippen LogP contribution < -0.4 is 9.80 Å². The van der Waals surface area contributed by atoms with Crippen molar-refractivity contribution < 1.29 is 4.90 Å². The van der Waals surface area contributed by atoms with E-state index in [1.54, 1.807) is 0 Å². The highest BCUT2D eigenvalue weighted by atomic mass is 35.5. The number of halogens is 1. The first-order valence-corrected chi connectivity index (χ1v) is 8.53. The van der Waals surface area contributed by atoms with Gasteiger partial charge in [-0.25, -0.2) is 0 Å². The van der Waals surface area contributed by atoms with Crippen LogP contribution in [0.15, 0.2) is 24.3 Å². The van der Waals surface area contributed by atoms with Crippen molar-refractivity contribution in [2.45, 2.75) is 32.1 Å². The molecule has 3 rings (SSSR count). The molecule has 2 nitrogen and oxygen atoms in total. The Balaban J connectivity index is 1.49. The standard InChI is InChI=1S/C17H25ClN2/c18-16-7-4-8-17(13-16)20-11-9-19(10-12-20)14-15-5-2-1-3-6-15/h4,7-8,13,15H,1-3,5-6,9-12,14H2/p+1. The molecule has 2 aliphatic rings. The van der Waals surface area contributed by atoms with Gasteiger partial charge in [-0.1, -0.05) is 36.9 Å². The molecule has 0 unspecified atom stereocenters. The fourth-order valence-corrected chi connectivity index (χ4v) is 3.94.